The third-order valence-electron chi connectivity index (χ3n) is 5.14. The Bertz CT molecular complexity index is 823. The van der Waals surface area contributed by atoms with Crippen molar-refractivity contribution in [3.63, 3.8) is 0 Å². The Labute approximate surface area is 152 Å². The van der Waals surface area contributed by atoms with Gasteiger partial charge in [-0.25, -0.2) is 4.79 Å². The van der Waals surface area contributed by atoms with Crippen LogP contribution in [-0.2, 0) is 16.8 Å². The summed E-state index contributed by atoms with van der Waals surface area (Å²) in [6.45, 7) is 0.0100. The second-order valence-corrected chi connectivity index (χ2v) is 6.65. The summed E-state index contributed by atoms with van der Waals surface area (Å²) >= 11 is 0. The zero-order valence-corrected chi connectivity index (χ0v) is 14.6. The van der Waals surface area contributed by atoms with Crippen LogP contribution in [0.15, 0.2) is 18.2 Å². The number of methoxy groups -OCH3 is 1. The lowest BCUT2D eigenvalue weighted by molar-refractivity contribution is -0.132. The molecule has 1 N–H and O–H groups in total. The second-order valence-electron chi connectivity index (χ2n) is 6.65. The number of hydrogen-bond donors (Lipinski definition) is 1. The van der Waals surface area contributed by atoms with Gasteiger partial charge >= 0.3 is 6.03 Å². The van der Waals surface area contributed by atoms with E-state index in [0.29, 0.717) is 12.8 Å². The molecule has 2 atom stereocenters. The number of carbonyl (C=O) groups excluding carboxylic acids is 2. The van der Waals surface area contributed by atoms with Gasteiger partial charge in [0.05, 0.1) is 25.2 Å². The molecule has 26 heavy (non-hydrogen) atoms. The van der Waals surface area contributed by atoms with Crippen molar-refractivity contribution in [3.8, 4) is 17.9 Å². The number of rotatable bonds is 5. The third-order valence-corrected chi connectivity index (χ3v) is 5.14. The van der Waals surface area contributed by atoms with Crippen molar-refractivity contribution >= 4 is 11.9 Å². The molecule has 1 heterocycles. The van der Waals surface area contributed by atoms with Crippen LogP contribution in [0.1, 0.15) is 36.8 Å². The molecule has 134 valence electrons. The fourth-order valence-corrected chi connectivity index (χ4v) is 3.80. The lowest BCUT2D eigenvalue weighted by Gasteiger charge is -2.33. The maximum atomic E-state index is 13.2. The Morgan fingerprint density at radius 2 is 2.19 bits per heavy atom. The zero-order valence-electron chi connectivity index (χ0n) is 14.6. The van der Waals surface area contributed by atoms with E-state index < -0.39 is 17.5 Å². The summed E-state index contributed by atoms with van der Waals surface area (Å²) in [5.74, 6) is -0.139. The Hall–Kier alpha value is -3.06. The third kappa shape index (κ3) is 2.86. The molecule has 0 aromatic heterocycles. The summed E-state index contributed by atoms with van der Waals surface area (Å²) < 4.78 is 5.26. The van der Waals surface area contributed by atoms with Gasteiger partial charge in [0, 0.05) is 13.0 Å². The molecule has 1 saturated heterocycles. The number of amides is 3. The van der Waals surface area contributed by atoms with Crippen molar-refractivity contribution in [2.75, 3.05) is 13.7 Å². The topological polar surface area (TPSA) is 106 Å². The molecule has 0 saturated carbocycles. The van der Waals surface area contributed by atoms with Crippen LogP contribution in [0.4, 0.5) is 4.79 Å². The average molecular weight is 352 g/mol. The molecule has 0 radical (unpaired) electrons. The van der Waals surface area contributed by atoms with Gasteiger partial charge in [-0.1, -0.05) is 6.07 Å². The average Bonchev–Trinajstić information content (AvgIpc) is 2.89. The van der Waals surface area contributed by atoms with Crippen molar-refractivity contribution < 1.29 is 14.3 Å². The van der Waals surface area contributed by atoms with E-state index >= 15 is 0 Å². The van der Waals surface area contributed by atoms with Crippen LogP contribution in [0.3, 0.4) is 0 Å². The van der Waals surface area contributed by atoms with Crippen LogP contribution in [-0.4, -0.2) is 30.5 Å². The number of nitrogens with zero attached hydrogens (tertiary/aromatic N) is 3. The maximum Gasteiger partial charge on any atom is 0.325 e. The van der Waals surface area contributed by atoms with Crippen molar-refractivity contribution in [2.24, 2.45) is 5.92 Å². The van der Waals surface area contributed by atoms with Crippen molar-refractivity contribution in [2.45, 2.75) is 37.6 Å². The quantitative estimate of drug-likeness (QED) is 0.818. The van der Waals surface area contributed by atoms with Gasteiger partial charge < -0.3 is 10.1 Å². The molecule has 0 bridgehead atoms. The molecule has 3 amide bonds. The van der Waals surface area contributed by atoms with Gasteiger partial charge in [0.2, 0.25) is 0 Å². The van der Waals surface area contributed by atoms with E-state index in [9.17, 15) is 14.9 Å². The highest BCUT2D eigenvalue weighted by Crippen LogP contribution is 2.41. The van der Waals surface area contributed by atoms with E-state index in [-0.39, 0.29) is 18.9 Å². The summed E-state index contributed by atoms with van der Waals surface area (Å²) in [4.78, 5) is 26.8. The number of urea groups is 1. The van der Waals surface area contributed by atoms with Gasteiger partial charge in [-0.3, -0.25) is 9.69 Å². The second kappa shape index (κ2) is 7.05. The van der Waals surface area contributed by atoms with Gasteiger partial charge in [0.15, 0.2) is 0 Å². The largest absolute Gasteiger partial charge is 0.497 e. The molecular weight excluding hydrogens is 332 g/mol. The van der Waals surface area contributed by atoms with Crippen LogP contribution >= 0.6 is 0 Å². The van der Waals surface area contributed by atoms with Crippen molar-refractivity contribution in [1.82, 2.24) is 10.2 Å². The number of nitrogens with one attached hydrogen (secondary N) is 1. The van der Waals surface area contributed by atoms with E-state index in [1.54, 1.807) is 13.2 Å². The number of aryl methyl sites for hydroxylation is 1. The van der Waals surface area contributed by atoms with Gasteiger partial charge in [0.1, 0.15) is 11.3 Å². The minimum absolute atomic E-state index is 0.0100. The molecule has 1 fully saturated rings. The zero-order chi connectivity index (χ0) is 18.7. The SMILES string of the molecule is COc1ccc2c(c1)CCC[C@]21NC(=O)N(C[C@@H](C#N)CCC#N)C1=O. The predicted octanol–water partition coefficient (Wildman–Crippen LogP) is 2.22. The lowest BCUT2D eigenvalue weighted by Crippen LogP contribution is -2.46. The van der Waals surface area contributed by atoms with E-state index in [4.69, 9.17) is 10.00 Å². The first-order valence-corrected chi connectivity index (χ1v) is 8.64. The summed E-state index contributed by atoms with van der Waals surface area (Å²) in [5.41, 5.74) is 0.731. The number of nitriles is 2. The number of benzene rings is 1. The molecule has 1 aliphatic heterocycles. The number of ether oxygens (including phenoxy) is 1. The Kier molecular flexibility index (Phi) is 4.81. The maximum absolute atomic E-state index is 13.2. The standard InChI is InChI=1S/C19H20N4O3/c1-26-15-6-7-16-14(10-15)5-2-8-19(16)17(24)23(18(25)22-19)12-13(11-21)4-3-9-20/h6-7,10,13H,2-5,8,12H2,1H3,(H,22,25)/t13-,19+/m1/s1. The van der Waals surface area contributed by atoms with E-state index in [0.717, 1.165) is 34.6 Å². The lowest BCUT2D eigenvalue weighted by atomic mass is 9.76. The number of imide groups is 1. The summed E-state index contributed by atoms with van der Waals surface area (Å²) in [7, 11) is 1.59. The predicted molar refractivity (Wildman–Crippen MR) is 91.8 cm³/mol. The van der Waals surface area contributed by atoms with Gasteiger partial charge in [-0.15, -0.1) is 0 Å². The molecule has 1 aromatic carbocycles. The van der Waals surface area contributed by atoms with Crippen LogP contribution in [0.5, 0.6) is 5.75 Å². The van der Waals surface area contributed by atoms with Crippen LogP contribution in [0.25, 0.3) is 0 Å². The van der Waals surface area contributed by atoms with E-state index in [1.165, 1.54) is 0 Å². The fraction of sp³-hybridized carbons (Fsp3) is 0.474. The highest BCUT2D eigenvalue weighted by Gasteiger charge is 2.54. The number of hydrogen-bond acceptors (Lipinski definition) is 5. The van der Waals surface area contributed by atoms with Gasteiger partial charge in [0.25, 0.3) is 5.91 Å². The fourth-order valence-electron chi connectivity index (χ4n) is 3.80. The molecule has 1 aromatic rings. The highest BCUT2D eigenvalue weighted by molar-refractivity contribution is 6.07. The minimum atomic E-state index is -1.06. The molecule has 3 rings (SSSR count). The Morgan fingerprint density at radius 3 is 2.88 bits per heavy atom. The molecule has 7 nitrogen and oxygen atoms in total. The molecule has 0 unspecified atom stereocenters. The molecule has 2 aliphatic rings. The molecular formula is C19H20N4O3. The summed E-state index contributed by atoms with van der Waals surface area (Å²) in [5, 5.41) is 20.8. The van der Waals surface area contributed by atoms with Gasteiger partial charge in [-0.2, -0.15) is 10.5 Å². The first-order valence-electron chi connectivity index (χ1n) is 8.64. The summed E-state index contributed by atoms with van der Waals surface area (Å²) in [6, 6.07) is 9.14. The number of carbonyl (C=O) groups is 2. The highest BCUT2D eigenvalue weighted by atomic mass is 16.5. The smallest absolute Gasteiger partial charge is 0.325 e. The first kappa shape index (κ1) is 17.8. The van der Waals surface area contributed by atoms with Crippen molar-refractivity contribution in [1.29, 1.82) is 10.5 Å². The van der Waals surface area contributed by atoms with E-state index in [2.05, 4.69) is 11.4 Å². The summed E-state index contributed by atoms with van der Waals surface area (Å²) in [6.07, 6.45) is 2.68. The number of fused-ring (bicyclic) bond motifs is 2. The van der Waals surface area contributed by atoms with Gasteiger partial charge in [-0.05, 0) is 48.9 Å². The van der Waals surface area contributed by atoms with Crippen LogP contribution in [0.2, 0.25) is 0 Å². The minimum Gasteiger partial charge on any atom is -0.497 e. The van der Waals surface area contributed by atoms with Crippen LogP contribution in [0, 0.1) is 28.6 Å². The van der Waals surface area contributed by atoms with Crippen LogP contribution < -0.4 is 10.1 Å². The first-order chi connectivity index (χ1) is 12.6. The van der Waals surface area contributed by atoms with E-state index in [1.807, 2.05) is 18.2 Å². The Morgan fingerprint density at radius 1 is 1.38 bits per heavy atom. The monoisotopic (exact) mass is 352 g/mol. The van der Waals surface area contributed by atoms with Crippen molar-refractivity contribution in [3.05, 3.63) is 29.3 Å². The Balaban J connectivity index is 1.90. The molecule has 7 heteroatoms. The normalized spacial score (nSPS) is 22.3. The molecule has 1 aliphatic carbocycles. The molecule has 1 spiro atoms.